The molecule has 2 N–H and O–H groups in total. The van der Waals surface area contributed by atoms with Gasteiger partial charge in [0.2, 0.25) is 5.91 Å². The summed E-state index contributed by atoms with van der Waals surface area (Å²) in [5.41, 5.74) is 0. The minimum absolute atomic E-state index is 0.0102. The van der Waals surface area contributed by atoms with Gasteiger partial charge in [-0.15, -0.1) is 0 Å². The first-order valence-electron chi connectivity index (χ1n) is 28.7. The zero-order valence-corrected chi connectivity index (χ0v) is 45.6. The van der Waals surface area contributed by atoms with Gasteiger partial charge < -0.3 is 28.8 Å². The number of hydrogen-bond acceptors (Lipinski definition) is 6. The fourth-order valence-electron chi connectivity index (χ4n) is 8.65. The van der Waals surface area contributed by atoms with Crippen LogP contribution in [0.15, 0.2) is 24.3 Å². The van der Waals surface area contributed by atoms with Crippen LogP contribution in [-0.4, -0.2) is 68.5 Å². The summed E-state index contributed by atoms with van der Waals surface area (Å²) in [4.78, 5) is 25.4. The van der Waals surface area contributed by atoms with Gasteiger partial charge in [-0.1, -0.05) is 263 Å². The number of unbranched alkanes of at least 4 members (excludes halogenated alkanes) is 36. The van der Waals surface area contributed by atoms with Gasteiger partial charge in [0.25, 0.3) is 7.82 Å². The van der Waals surface area contributed by atoms with Crippen molar-refractivity contribution in [2.24, 2.45) is 0 Å². The summed E-state index contributed by atoms with van der Waals surface area (Å²) in [6.07, 6.45) is 60.8. The Kier molecular flexibility index (Phi) is 48.2. The van der Waals surface area contributed by atoms with Crippen molar-refractivity contribution in [3.05, 3.63) is 24.3 Å². The van der Waals surface area contributed by atoms with E-state index in [2.05, 4.69) is 43.5 Å². The van der Waals surface area contributed by atoms with Crippen molar-refractivity contribution >= 4 is 13.7 Å². The number of quaternary nitrogens is 1. The fourth-order valence-corrected chi connectivity index (χ4v) is 9.37. The molecule has 0 bridgehead atoms. The zero-order valence-electron chi connectivity index (χ0n) is 44.7. The first-order valence-corrected chi connectivity index (χ1v) is 30.1. The third kappa shape index (κ3) is 50.8. The van der Waals surface area contributed by atoms with Crippen molar-refractivity contribution in [3.63, 3.8) is 0 Å². The number of likely N-dealkylation sites (N-methyl/N-ethyl adjacent to an activating group) is 1. The molecule has 0 spiro atoms. The predicted molar refractivity (Wildman–Crippen MR) is 284 cm³/mol. The van der Waals surface area contributed by atoms with Gasteiger partial charge in [0, 0.05) is 6.42 Å². The number of hydrogen-bond donors (Lipinski definition) is 2. The Morgan fingerprint density at radius 3 is 1.30 bits per heavy atom. The Bertz CT molecular complexity index is 1130. The van der Waals surface area contributed by atoms with Crippen LogP contribution in [0.1, 0.15) is 284 Å². The van der Waals surface area contributed by atoms with E-state index in [1.54, 1.807) is 0 Å². The Morgan fingerprint density at radius 2 is 0.894 bits per heavy atom. The monoisotopic (exact) mass is 953 g/mol. The summed E-state index contributed by atoms with van der Waals surface area (Å²) in [6, 6.07) is -0.807. The van der Waals surface area contributed by atoms with Gasteiger partial charge in [-0.2, -0.15) is 0 Å². The third-order valence-corrected chi connectivity index (χ3v) is 14.2. The second kappa shape index (κ2) is 49.0. The standard InChI is InChI=1S/C57H113N2O6P/c1-6-8-10-12-14-16-18-20-22-23-24-25-26-27-28-29-30-31-32-33-34-35-36-37-38-40-42-44-46-48-50-56(60)55(54-65-66(62,63)64-53-52-59(3,4)5)58-57(61)51-49-47-45-43-41-39-21-19-17-15-13-11-9-7-2/h13,15,19,21,55-56,60H,6-12,14,16-18,20,22-54H2,1-5H3,(H-,58,61,62,63)/b15-13-,21-19-. The molecule has 0 aliphatic carbocycles. The van der Waals surface area contributed by atoms with Crippen molar-refractivity contribution in [1.29, 1.82) is 0 Å². The second-order valence-corrected chi connectivity index (χ2v) is 22.4. The maximum absolute atomic E-state index is 12.9. The number of aliphatic hydroxyl groups is 1. The maximum Gasteiger partial charge on any atom is 0.268 e. The fraction of sp³-hybridized carbons (Fsp3) is 0.912. The average molecular weight is 954 g/mol. The maximum atomic E-state index is 12.9. The SMILES string of the molecule is CCCC/C=C\C/C=C\CCCCCCCC(=O)NC(COP(=O)([O-])OCC[N+](C)(C)C)C(O)CCCCCCCCCCCCCCCCCCCCCCCCCCCCCCCC. The van der Waals surface area contributed by atoms with E-state index in [4.69, 9.17) is 9.05 Å². The summed E-state index contributed by atoms with van der Waals surface area (Å²) in [7, 11) is 1.30. The number of phosphoric ester groups is 1. The average Bonchev–Trinajstić information content (AvgIpc) is 3.28. The molecule has 0 rings (SSSR count). The van der Waals surface area contributed by atoms with Crippen molar-refractivity contribution in [2.45, 2.75) is 296 Å². The van der Waals surface area contributed by atoms with Crippen LogP contribution in [0.5, 0.6) is 0 Å². The Morgan fingerprint density at radius 1 is 0.530 bits per heavy atom. The number of amides is 1. The molecular weight excluding hydrogens is 840 g/mol. The largest absolute Gasteiger partial charge is 0.756 e. The molecule has 66 heavy (non-hydrogen) atoms. The third-order valence-electron chi connectivity index (χ3n) is 13.2. The molecule has 1 amide bonds. The van der Waals surface area contributed by atoms with E-state index in [1.807, 2.05) is 21.1 Å². The highest BCUT2D eigenvalue weighted by molar-refractivity contribution is 7.45. The number of rotatable bonds is 53. The van der Waals surface area contributed by atoms with Crippen molar-refractivity contribution in [3.8, 4) is 0 Å². The number of aliphatic hydroxyl groups excluding tert-OH is 1. The predicted octanol–water partition coefficient (Wildman–Crippen LogP) is 16.6. The number of allylic oxidation sites excluding steroid dienone is 4. The summed E-state index contributed by atoms with van der Waals surface area (Å²) in [5.74, 6) is -0.176. The van der Waals surface area contributed by atoms with Crippen LogP contribution in [0.2, 0.25) is 0 Å². The van der Waals surface area contributed by atoms with Crippen LogP contribution in [0.4, 0.5) is 0 Å². The van der Waals surface area contributed by atoms with E-state index in [9.17, 15) is 19.4 Å². The van der Waals surface area contributed by atoms with Crippen LogP contribution < -0.4 is 10.2 Å². The lowest BCUT2D eigenvalue weighted by atomic mass is 10.0. The summed E-state index contributed by atoms with van der Waals surface area (Å²) < 4.78 is 23.4. The molecule has 0 aromatic heterocycles. The Labute approximate surface area is 411 Å². The summed E-state index contributed by atoms with van der Waals surface area (Å²) in [5, 5.41) is 14.0. The summed E-state index contributed by atoms with van der Waals surface area (Å²) >= 11 is 0. The first-order chi connectivity index (χ1) is 32.0. The van der Waals surface area contributed by atoms with Crippen molar-refractivity contribution in [2.75, 3.05) is 40.9 Å². The lowest BCUT2D eigenvalue weighted by Gasteiger charge is -2.30. The van der Waals surface area contributed by atoms with Gasteiger partial charge in [0.15, 0.2) is 0 Å². The number of carbonyl (C=O) groups is 1. The molecule has 3 atom stereocenters. The smallest absolute Gasteiger partial charge is 0.268 e. The molecule has 0 aliphatic heterocycles. The number of nitrogens with zero attached hydrogens (tertiary/aromatic N) is 1. The highest BCUT2D eigenvalue weighted by atomic mass is 31.2. The molecule has 0 saturated heterocycles. The lowest BCUT2D eigenvalue weighted by molar-refractivity contribution is -0.870. The van der Waals surface area contributed by atoms with E-state index in [0.29, 0.717) is 23.9 Å². The Balaban J connectivity index is 4.04. The molecule has 0 fully saturated rings. The molecular formula is C57H113N2O6P. The van der Waals surface area contributed by atoms with Crippen molar-refractivity contribution < 1.29 is 32.9 Å². The minimum Gasteiger partial charge on any atom is -0.756 e. The molecule has 8 nitrogen and oxygen atoms in total. The van der Waals surface area contributed by atoms with Crippen LogP contribution in [0.25, 0.3) is 0 Å². The van der Waals surface area contributed by atoms with Crippen molar-refractivity contribution in [1.82, 2.24) is 5.32 Å². The van der Waals surface area contributed by atoms with Gasteiger partial charge in [-0.3, -0.25) is 9.36 Å². The highest BCUT2D eigenvalue weighted by Crippen LogP contribution is 2.38. The van der Waals surface area contributed by atoms with Crippen LogP contribution in [0.3, 0.4) is 0 Å². The second-order valence-electron chi connectivity index (χ2n) is 21.0. The molecule has 0 aliphatic rings. The summed E-state index contributed by atoms with van der Waals surface area (Å²) in [6.45, 7) is 4.70. The van der Waals surface area contributed by atoms with Crippen LogP contribution in [0, 0.1) is 0 Å². The minimum atomic E-state index is -4.57. The quantitative estimate of drug-likeness (QED) is 0.0272. The van der Waals surface area contributed by atoms with Crippen LogP contribution >= 0.6 is 7.82 Å². The molecule has 0 aromatic carbocycles. The van der Waals surface area contributed by atoms with Gasteiger partial charge in [0.1, 0.15) is 13.2 Å². The van der Waals surface area contributed by atoms with E-state index < -0.39 is 20.0 Å². The van der Waals surface area contributed by atoms with Gasteiger partial charge in [-0.25, -0.2) is 0 Å². The van der Waals surface area contributed by atoms with E-state index in [1.165, 1.54) is 193 Å². The number of nitrogens with one attached hydrogen (secondary N) is 1. The Hall–Kier alpha value is -1.02. The van der Waals surface area contributed by atoms with E-state index >= 15 is 0 Å². The molecule has 0 heterocycles. The number of phosphoric acid groups is 1. The van der Waals surface area contributed by atoms with E-state index in [0.717, 1.165) is 64.2 Å². The number of carbonyl (C=O) groups excluding carboxylic acids is 1. The normalized spacial score (nSPS) is 14.1. The molecule has 9 heteroatoms. The van der Waals surface area contributed by atoms with E-state index in [-0.39, 0.29) is 19.1 Å². The topological polar surface area (TPSA) is 108 Å². The first kappa shape index (κ1) is 65.0. The molecule has 392 valence electrons. The molecule has 0 radical (unpaired) electrons. The van der Waals surface area contributed by atoms with Gasteiger partial charge in [-0.05, 0) is 38.5 Å². The lowest BCUT2D eigenvalue weighted by Crippen LogP contribution is -2.46. The zero-order chi connectivity index (χ0) is 48.5. The molecule has 3 unspecified atom stereocenters. The molecule has 0 saturated carbocycles. The molecule has 0 aromatic rings. The van der Waals surface area contributed by atoms with Gasteiger partial charge in [0.05, 0.1) is 39.9 Å². The highest BCUT2D eigenvalue weighted by Gasteiger charge is 2.24. The van der Waals surface area contributed by atoms with Gasteiger partial charge >= 0.3 is 0 Å². The van der Waals surface area contributed by atoms with Crippen LogP contribution in [-0.2, 0) is 18.4 Å².